The second kappa shape index (κ2) is 12.1. The van der Waals surface area contributed by atoms with E-state index in [0.717, 1.165) is 36.1 Å². The van der Waals surface area contributed by atoms with Crippen LogP contribution >= 0.6 is 0 Å². The number of hydrogen-bond donors (Lipinski definition) is 2. The molecule has 1 heterocycles. The molecule has 5 unspecified atom stereocenters. The molecule has 204 valence electrons. The Morgan fingerprint density at radius 2 is 1.95 bits per heavy atom. The fourth-order valence-electron chi connectivity index (χ4n) is 6.35. The van der Waals surface area contributed by atoms with Crippen molar-refractivity contribution in [1.82, 2.24) is 0 Å². The molecule has 6 nitrogen and oxygen atoms in total. The lowest BCUT2D eigenvalue weighted by molar-refractivity contribution is -0.160. The molecule has 2 N–H and O–H groups in total. The van der Waals surface area contributed by atoms with Crippen LogP contribution in [0.15, 0.2) is 48.1 Å². The summed E-state index contributed by atoms with van der Waals surface area (Å²) in [6.07, 6.45) is 9.34. The maximum atomic E-state index is 11.8. The molecule has 2 aliphatic carbocycles. The van der Waals surface area contributed by atoms with Crippen LogP contribution in [-0.4, -0.2) is 52.8 Å². The minimum Gasteiger partial charge on any atom is -0.485 e. The number of esters is 1. The first-order chi connectivity index (χ1) is 17.7. The molecule has 8 atom stereocenters. The number of aliphatic hydroxyl groups is 2. The van der Waals surface area contributed by atoms with Crippen molar-refractivity contribution in [2.24, 2.45) is 17.8 Å². The Morgan fingerprint density at radius 1 is 1.16 bits per heavy atom. The van der Waals surface area contributed by atoms with Crippen molar-refractivity contribution in [3.8, 4) is 5.75 Å². The molecule has 0 aromatic heterocycles. The number of aryl methyl sites for hydroxylation is 1. The van der Waals surface area contributed by atoms with Gasteiger partial charge in [-0.1, -0.05) is 56.7 Å². The fourth-order valence-corrected chi connectivity index (χ4v) is 6.35. The van der Waals surface area contributed by atoms with Gasteiger partial charge in [0.25, 0.3) is 0 Å². The lowest BCUT2D eigenvalue weighted by Crippen LogP contribution is -2.45. The number of benzene rings is 1. The number of carbonyl (C=O) groups is 1. The Balaban J connectivity index is 1.48. The number of hydrogen-bond acceptors (Lipinski definition) is 6. The quantitative estimate of drug-likeness (QED) is 0.414. The average molecular weight is 513 g/mol. The topological polar surface area (TPSA) is 85.2 Å². The van der Waals surface area contributed by atoms with E-state index in [-0.39, 0.29) is 30.5 Å². The van der Waals surface area contributed by atoms with Gasteiger partial charge in [0.05, 0.1) is 31.3 Å². The van der Waals surface area contributed by atoms with Crippen molar-refractivity contribution >= 4 is 5.97 Å². The van der Waals surface area contributed by atoms with E-state index >= 15 is 0 Å². The number of allylic oxidation sites excluding steroid dienone is 2. The zero-order chi connectivity index (χ0) is 26.6. The number of cyclic esters (lactones) is 1. The predicted molar refractivity (Wildman–Crippen MR) is 143 cm³/mol. The van der Waals surface area contributed by atoms with Gasteiger partial charge in [-0.2, -0.15) is 0 Å². The van der Waals surface area contributed by atoms with E-state index in [1.54, 1.807) is 0 Å². The number of ether oxygens (including phenoxy) is 3. The van der Waals surface area contributed by atoms with Crippen LogP contribution in [0.1, 0.15) is 71.3 Å². The van der Waals surface area contributed by atoms with Crippen LogP contribution < -0.4 is 4.74 Å². The van der Waals surface area contributed by atoms with Gasteiger partial charge in [0.2, 0.25) is 0 Å². The van der Waals surface area contributed by atoms with Gasteiger partial charge in [-0.25, -0.2) is 0 Å². The standard InChI is InChI=1S/C31H44O6/c1-5-14-31(4,37-27-9-7-6-8-21(27)3)19-35-28-17-23(32)15-22-11-10-20(2)26(30(22)28)13-12-25-16-24(33)18-29(34)36-25/h6-11,15,20,23-26,28,30,32-33H,5,12-14,16-19H2,1-4H3/t20?,23?,24-,25-,26?,28?,30?,31+/m1/s1. The molecule has 0 bridgehead atoms. The third-order valence-corrected chi connectivity index (χ3v) is 8.26. The lowest BCUT2D eigenvalue weighted by Gasteiger charge is -2.44. The Kier molecular flexibility index (Phi) is 9.15. The van der Waals surface area contributed by atoms with Crippen LogP contribution in [0.25, 0.3) is 0 Å². The SMILES string of the molecule is CCC[C@@](C)(COC1CC(O)C=C2C=CC(C)C(CC[C@@H]3C[C@@H](O)CC(=O)O3)C21)Oc1ccccc1C. The maximum absolute atomic E-state index is 11.8. The molecule has 1 aliphatic heterocycles. The molecule has 0 spiro atoms. The maximum Gasteiger partial charge on any atom is 0.308 e. The molecule has 1 saturated heterocycles. The molecule has 37 heavy (non-hydrogen) atoms. The van der Waals surface area contributed by atoms with E-state index in [0.29, 0.717) is 37.7 Å². The van der Waals surface area contributed by atoms with Crippen LogP contribution in [0.4, 0.5) is 0 Å². The molecule has 3 aliphatic rings. The molecular formula is C31H44O6. The number of carbonyl (C=O) groups excluding carboxylic acids is 1. The first-order valence-electron chi connectivity index (χ1n) is 14.0. The summed E-state index contributed by atoms with van der Waals surface area (Å²) >= 11 is 0. The van der Waals surface area contributed by atoms with Gasteiger partial charge in [0.15, 0.2) is 0 Å². The predicted octanol–water partition coefficient (Wildman–Crippen LogP) is 5.29. The second-order valence-electron chi connectivity index (χ2n) is 11.6. The Hall–Kier alpha value is -2.15. The lowest BCUT2D eigenvalue weighted by atomic mass is 9.66. The summed E-state index contributed by atoms with van der Waals surface area (Å²) in [5.41, 5.74) is 1.75. The van der Waals surface area contributed by atoms with E-state index in [9.17, 15) is 15.0 Å². The largest absolute Gasteiger partial charge is 0.485 e. The Labute approximate surface area is 221 Å². The summed E-state index contributed by atoms with van der Waals surface area (Å²) in [6, 6.07) is 8.07. The summed E-state index contributed by atoms with van der Waals surface area (Å²) in [6.45, 7) is 8.99. The molecule has 0 radical (unpaired) electrons. The third-order valence-electron chi connectivity index (χ3n) is 8.26. The molecule has 1 fully saturated rings. The van der Waals surface area contributed by atoms with Crippen molar-refractivity contribution in [2.45, 2.75) is 103 Å². The summed E-state index contributed by atoms with van der Waals surface area (Å²) in [7, 11) is 0. The summed E-state index contributed by atoms with van der Waals surface area (Å²) < 4.78 is 18.7. The average Bonchev–Trinajstić information content (AvgIpc) is 2.83. The van der Waals surface area contributed by atoms with Crippen molar-refractivity contribution in [3.63, 3.8) is 0 Å². The highest BCUT2D eigenvalue weighted by Crippen LogP contribution is 2.44. The molecule has 6 heteroatoms. The molecular weight excluding hydrogens is 468 g/mol. The first kappa shape index (κ1) is 27.9. The molecule has 0 saturated carbocycles. The zero-order valence-electron chi connectivity index (χ0n) is 22.8. The summed E-state index contributed by atoms with van der Waals surface area (Å²) in [5, 5.41) is 20.7. The second-order valence-corrected chi connectivity index (χ2v) is 11.6. The van der Waals surface area contributed by atoms with Gasteiger partial charge >= 0.3 is 5.97 Å². The molecule has 4 rings (SSSR count). The van der Waals surface area contributed by atoms with E-state index in [1.807, 2.05) is 24.3 Å². The van der Waals surface area contributed by atoms with Crippen molar-refractivity contribution < 1.29 is 29.2 Å². The van der Waals surface area contributed by atoms with Gasteiger partial charge in [-0.15, -0.1) is 0 Å². The van der Waals surface area contributed by atoms with E-state index in [2.05, 4.69) is 45.9 Å². The number of para-hydroxylation sites is 1. The van der Waals surface area contributed by atoms with Crippen molar-refractivity contribution in [1.29, 1.82) is 0 Å². The van der Waals surface area contributed by atoms with Crippen molar-refractivity contribution in [3.05, 3.63) is 53.6 Å². The van der Waals surface area contributed by atoms with Crippen LogP contribution in [0.2, 0.25) is 0 Å². The Morgan fingerprint density at radius 3 is 2.68 bits per heavy atom. The van der Waals surface area contributed by atoms with Crippen LogP contribution in [0.3, 0.4) is 0 Å². The normalized spacial score (nSPS) is 33.2. The van der Waals surface area contributed by atoms with Crippen LogP contribution in [0.5, 0.6) is 5.75 Å². The molecule has 1 aromatic carbocycles. The summed E-state index contributed by atoms with van der Waals surface area (Å²) in [5.74, 6) is 1.34. The van der Waals surface area contributed by atoms with Gasteiger partial charge in [-0.05, 0) is 62.1 Å². The Bertz CT molecular complexity index is 986. The highest BCUT2D eigenvalue weighted by molar-refractivity contribution is 5.70. The van der Waals surface area contributed by atoms with Crippen LogP contribution in [0, 0.1) is 24.7 Å². The summed E-state index contributed by atoms with van der Waals surface area (Å²) in [4.78, 5) is 11.8. The molecule has 1 aromatic rings. The van der Waals surface area contributed by atoms with Crippen LogP contribution in [-0.2, 0) is 14.3 Å². The minimum absolute atomic E-state index is 0.0868. The number of fused-ring (bicyclic) bond motifs is 1. The van der Waals surface area contributed by atoms with E-state index in [4.69, 9.17) is 14.2 Å². The van der Waals surface area contributed by atoms with Gasteiger partial charge < -0.3 is 24.4 Å². The monoisotopic (exact) mass is 512 g/mol. The van der Waals surface area contributed by atoms with Gasteiger partial charge in [0, 0.05) is 18.8 Å². The van der Waals surface area contributed by atoms with E-state index < -0.39 is 17.8 Å². The highest BCUT2D eigenvalue weighted by atomic mass is 16.6. The molecule has 0 amide bonds. The smallest absolute Gasteiger partial charge is 0.308 e. The minimum atomic E-state index is -0.615. The third kappa shape index (κ3) is 7.04. The highest BCUT2D eigenvalue weighted by Gasteiger charge is 2.42. The fraction of sp³-hybridized carbons (Fsp3) is 0.645. The van der Waals surface area contributed by atoms with E-state index in [1.165, 1.54) is 0 Å². The van der Waals surface area contributed by atoms with Gasteiger partial charge in [-0.3, -0.25) is 4.79 Å². The first-order valence-corrected chi connectivity index (χ1v) is 14.0. The number of aliphatic hydroxyl groups excluding tert-OH is 2. The van der Waals surface area contributed by atoms with Gasteiger partial charge in [0.1, 0.15) is 17.5 Å². The van der Waals surface area contributed by atoms with Crippen molar-refractivity contribution in [2.75, 3.05) is 6.61 Å². The zero-order valence-corrected chi connectivity index (χ0v) is 22.8. The number of rotatable bonds is 10.